The molecule has 2 N–H and O–H groups in total. The fourth-order valence-corrected chi connectivity index (χ4v) is 3.79. The fraction of sp³-hybridized carbons (Fsp3) is 0.526. The van der Waals surface area contributed by atoms with Crippen LogP contribution in [0.2, 0.25) is 5.02 Å². The summed E-state index contributed by atoms with van der Waals surface area (Å²) in [4.78, 5) is 38.0. The molecular formula is C19H24ClN3O3. The van der Waals surface area contributed by atoms with Gasteiger partial charge in [-0.1, -0.05) is 43.5 Å². The summed E-state index contributed by atoms with van der Waals surface area (Å²) in [5.74, 6) is -0.203. The first-order chi connectivity index (χ1) is 12.4. The van der Waals surface area contributed by atoms with E-state index in [-0.39, 0.29) is 30.8 Å². The van der Waals surface area contributed by atoms with Gasteiger partial charge in [0, 0.05) is 11.1 Å². The molecule has 4 amide bonds. The van der Waals surface area contributed by atoms with Crippen molar-refractivity contribution in [1.29, 1.82) is 0 Å². The van der Waals surface area contributed by atoms with Gasteiger partial charge < -0.3 is 10.6 Å². The van der Waals surface area contributed by atoms with E-state index in [0.29, 0.717) is 10.9 Å². The number of amides is 4. The number of rotatable bonds is 4. The van der Waals surface area contributed by atoms with E-state index in [4.69, 9.17) is 11.6 Å². The van der Waals surface area contributed by atoms with Gasteiger partial charge in [0.15, 0.2) is 0 Å². The Hall–Kier alpha value is -2.08. The van der Waals surface area contributed by atoms with Crippen LogP contribution in [0.3, 0.4) is 0 Å². The van der Waals surface area contributed by atoms with Gasteiger partial charge in [-0.2, -0.15) is 0 Å². The third-order valence-electron chi connectivity index (χ3n) is 5.25. The van der Waals surface area contributed by atoms with Crippen LogP contribution in [0.15, 0.2) is 24.3 Å². The Kier molecular flexibility index (Phi) is 5.81. The van der Waals surface area contributed by atoms with Gasteiger partial charge in [0.2, 0.25) is 11.8 Å². The summed E-state index contributed by atoms with van der Waals surface area (Å²) in [6.45, 7) is 1.89. The lowest BCUT2D eigenvalue weighted by Gasteiger charge is -2.33. The fourth-order valence-electron chi connectivity index (χ4n) is 3.66. The van der Waals surface area contributed by atoms with Crippen LogP contribution in [-0.2, 0) is 9.59 Å². The second-order valence-corrected chi connectivity index (χ2v) is 7.61. The Labute approximate surface area is 158 Å². The lowest BCUT2D eigenvalue weighted by Crippen LogP contribution is -2.55. The molecule has 1 heterocycles. The SMILES string of the molecule is CC1CCCCC1NC(=O)CN1C(=O)CC(c2ccc(Cl)cc2)NC1=O. The minimum atomic E-state index is -0.534. The van der Waals surface area contributed by atoms with Gasteiger partial charge >= 0.3 is 6.03 Å². The summed E-state index contributed by atoms with van der Waals surface area (Å²) in [6.07, 6.45) is 4.46. The van der Waals surface area contributed by atoms with Gasteiger partial charge in [0.25, 0.3) is 0 Å². The summed E-state index contributed by atoms with van der Waals surface area (Å²) in [5.41, 5.74) is 0.816. The topological polar surface area (TPSA) is 78.5 Å². The molecule has 1 aromatic carbocycles. The molecule has 2 fully saturated rings. The molecule has 1 aromatic rings. The molecule has 1 aliphatic carbocycles. The smallest absolute Gasteiger partial charge is 0.325 e. The predicted octanol–water partition coefficient (Wildman–Crippen LogP) is 3.02. The van der Waals surface area contributed by atoms with Crippen molar-refractivity contribution >= 4 is 29.4 Å². The molecule has 1 saturated carbocycles. The molecule has 2 aliphatic rings. The van der Waals surface area contributed by atoms with Crippen molar-refractivity contribution in [2.24, 2.45) is 5.92 Å². The molecule has 140 valence electrons. The molecule has 0 bridgehead atoms. The third-order valence-corrected chi connectivity index (χ3v) is 5.51. The maximum Gasteiger partial charge on any atom is 0.325 e. The summed E-state index contributed by atoms with van der Waals surface area (Å²) >= 11 is 5.87. The molecule has 3 rings (SSSR count). The average molecular weight is 378 g/mol. The van der Waals surface area contributed by atoms with Gasteiger partial charge in [0.05, 0.1) is 12.5 Å². The van der Waals surface area contributed by atoms with E-state index < -0.39 is 12.1 Å². The molecule has 26 heavy (non-hydrogen) atoms. The first-order valence-electron chi connectivity index (χ1n) is 9.09. The Morgan fingerprint density at radius 3 is 2.58 bits per heavy atom. The van der Waals surface area contributed by atoms with Gasteiger partial charge in [-0.15, -0.1) is 0 Å². The monoisotopic (exact) mass is 377 g/mol. The van der Waals surface area contributed by atoms with Crippen LogP contribution in [0.4, 0.5) is 4.79 Å². The summed E-state index contributed by atoms with van der Waals surface area (Å²) in [6, 6.07) is 6.21. The number of nitrogens with zero attached hydrogens (tertiary/aromatic N) is 1. The average Bonchev–Trinajstić information content (AvgIpc) is 2.60. The van der Waals surface area contributed by atoms with Crippen molar-refractivity contribution in [1.82, 2.24) is 15.5 Å². The van der Waals surface area contributed by atoms with Crippen molar-refractivity contribution in [2.75, 3.05) is 6.54 Å². The van der Waals surface area contributed by atoms with Gasteiger partial charge in [-0.25, -0.2) is 4.79 Å². The van der Waals surface area contributed by atoms with E-state index in [1.807, 2.05) is 0 Å². The highest BCUT2D eigenvalue weighted by Gasteiger charge is 2.34. The minimum absolute atomic E-state index is 0.125. The van der Waals surface area contributed by atoms with Crippen LogP contribution in [0.1, 0.15) is 50.6 Å². The number of imide groups is 1. The lowest BCUT2D eigenvalue weighted by atomic mass is 9.86. The molecule has 3 atom stereocenters. The Morgan fingerprint density at radius 1 is 1.23 bits per heavy atom. The Balaban J connectivity index is 1.58. The number of carbonyl (C=O) groups is 3. The second-order valence-electron chi connectivity index (χ2n) is 7.17. The molecule has 1 saturated heterocycles. The number of urea groups is 1. The number of benzene rings is 1. The van der Waals surface area contributed by atoms with E-state index in [1.165, 1.54) is 6.42 Å². The quantitative estimate of drug-likeness (QED) is 0.846. The molecule has 0 spiro atoms. The molecule has 6 nitrogen and oxygen atoms in total. The highest BCUT2D eigenvalue weighted by molar-refractivity contribution is 6.30. The molecule has 1 aliphatic heterocycles. The van der Waals surface area contributed by atoms with E-state index >= 15 is 0 Å². The van der Waals surface area contributed by atoms with Crippen LogP contribution in [0.5, 0.6) is 0 Å². The Morgan fingerprint density at radius 2 is 1.92 bits per heavy atom. The standard InChI is InChI=1S/C19H24ClN3O3/c1-12-4-2-3-5-15(12)21-17(24)11-23-18(25)10-16(22-19(23)26)13-6-8-14(20)9-7-13/h6-9,12,15-16H,2-5,10-11H2,1H3,(H,21,24)(H,22,26). The summed E-state index contributed by atoms with van der Waals surface area (Å²) < 4.78 is 0. The van der Waals surface area contributed by atoms with Crippen molar-refractivity contribution in [3.8, 4) is 0 Å². The lowest BCUT2D eigenvalue weighted by molar-refractivity contribution is -0.135. The van der Waals surface area contributed by atoms with Gasteiger partial charge in [-0.3, -0.25) is 14.5 Å². The van der Waals surface area contributed by atoms with Gasteiger partial charge in [0.1, 0.15) is 6.54 Å². The highest BCUT2D eigenvalue weighted by atomic mass is 35.5. The first kappa shape index (κ1) is 18.7. The van der Waals surface area contributed by atoms with E-state index in [1.54, 1.807) is 24.3 Å². The first-order valence-corrected chi connectivity index (χ1v) is 9.47. The van der Waals surface area contributed by atoms with E-state index in [9.17, 15) is 14.4 Å². The molecule has 0 radical (unpaired) electrons. The van der Waals surface area contributed by atoms with Crippen molar-refractivity contribution < 1.29 is 14.4 Å². The zero-order valence-corrected chi connectivity index (χ0v) is 15.6. The minimum Gasteiger partial charge on any atom is -0.352 e. The number of nitrogens with one attached hydrogen (secondary N) is 2. The zero-order valence-electron chi connectivity index (χ0n) is 14.8. The summed E-state index contributed by atoms with van der Waals surface area (Å²) in [5, 5.41) is 6.37. The van der Waals surface area contributed by atoms with Crippen molar-refractivity contribution in [2.45, 2.75) is 51.1 Å². The molecule has 7 heteroatoms. The number of carbonyl (C=O) groups excluding carboxylic acids is 3. The molecule has 0 aromatic heterocycles. The number of halogens is 1. The van der Waals surface area contributed by atoms with Crippen LogP contribution < -0.4 is 10.6 Å². The van der Waals surface area contributed by atoms with E-state index in [2.05, 4.69) is 17.6 Å². The van der Waals surface area contributed by atoms with Crippen LogP contribution in [-0.4, -0.2) is 35.3 Å². The number of hydrogen-bond donors (Lipinski definition) is 2. The molecule has 3 unspecified atom stereocenters. The normalized spacial score (nSPS) is 26.4. The maximum absolute atomic E-state index is 12.4. The highest BCUT2D eigenvalue weighted by Crippen LogP contribution is 2.25. The van der Waals surface area contributed by atoms with Crippen LogP contribution in [0, 0.1) is 5.92 Å². The van der Waals surface area contributed by atoms with Crippen LogP contribution >= 0.6 is 11.6 Å². The summed E-state index contributed by atoms with van der Waals surface area (Å²) in [7, 11) is 0. The zero-order chi connectivity index (χ0) is 18.7. The van der Waals surface area contributed by atoms with Crippen molar-refractivity contribution in [3.05, 3.63) is 34.9 Å². The second kappa shape index (κ2) is 8.08. The molecular weight excluding hydrogens is 354 g/mol. The Bertz CT molecular complexity index is 674. The third kappa shape index (κ3) is 4.36. The number of hydrogen-bond acceptors (Lipinski definition) is 3. The predicted molar refractivity (Wildman–Crippen MR) is 98.6 cm³/mol. The van der Waals surface area contributed by atoms with Crippen LogP contribution in [0.25, 0.3) is 0 Å². The van der Waals surface area contributed by atoms with Gasteiger partial charge in [-0.05, 0) is 36.5 Å². The maximum atomic E-state index is 12.4. The van der Waals surface area contributed by atoms with Crippen molar-refractivity contribution in [3.63, 3.8) is 0 Å². The largest absolute Gasteiger partial charge is 0.352 e. The van der Waals surface area contributed by atoms with E-state index in [0.717, 1.165) is 29.7 Å².